The third-order valence-corrected chi connectivity index (χ3v) is 3.53. The lowest BCUT2D eigenvalue weighted by Crippen LogP contribution is -2.04. The molecule has 100 valence electrons. The van der Waals surface area contributed by atoms with E-state index in [1.54, 1.807) is 0 Å². The lowest BCUT2D eigenvalue weighted by atomic mass is 10.0. The number of hydrogen-bond acceptors (Lipinski definition) is 4. The first-order chi connectivity index (χ1) is 8.93. The normalized spacial score (nSPS) is 11.0. The third kappa shape index (κ3) is 2.56. The highest BCUT2D eigenvalue weighted by atomic mass is 79.9. The van der Waals surface area contributed by atoms with Crippen molar-refractivity contribution in [1.82, 2.24) is 4.98 Å². The summed E-state index contributed by atoms with van der Waals surface area (Å²) in [5.41, 5.74) is 1.72. The van der Waals surface area contributed by atoms with Gasteiger partial charge in [-0.2, -0.15) is 0 Å². The number of aromatic hydroxyl groups is 1. The van der Waals surface area contributed by atoms with Gasteiger partial charge in [0, 0.05) is 15.9 Å². The fourth-order valence-corrected chi connectivity index (χ4v) is 2.40. The number of aromatic nitrogens is 1. The fourth-order valence-electron chi connectivity index (χ4n) is 1.83. The summed E-state index contributed by atoms with van der Waals surface area (Å²) in [4.78, 5) is 15.7. The summed E-state index contributed by atoms with van der Waals surface area (Å²) in [6.07, 6.45) is 0. The molecule has 2 aromatic rings. The number of hydrogen-bond donors (Lipinski definition) is 1. The summed E-state index contributed by atoms with van der Waals surface area (Å²) in [6, 6.07) is 5.15. The molecule has 1 aromatic carbocycles. The van der Waals surface area contributed by atoms with Crippen molar-refractivity contribution in [2.45, 2.75) is 19.8 Å². The summed E-state index contributed by atoms with van der Waals surface area (Å²) in [7, 11) is 1.28. The molecule has 1 aromatic heterocycles. The Morgan fingerprint density at radius 2 is 2.05 bits per heavy atom. The molecule has 0 spiro atoms. The van der Waals surface area contributed by atoms with Gasteiger partial charge in [0.2, 0.25) is 0 Å². The average molecular weight is 324 g/mol. The number of nitrogens with zero attached hydrogens (tertiary/aromatic N) is 1. The van der Waals surface area contributed by atoms with Gasteiger partial charge in [-0.15, -0.1) is 0 Å². The monoisotopic (exact) mass is 323 g/mol. The van der Waals surface area contributed by atoms with Gasteiger partial charge in [0.05, 0.1) is 12.6 Å². The highest BCUT2D eigenvalue weighted by Gasteiger charge is 2.15. The molecule has 0 radical (unpaired) electrons. The molecular formula is C14H14BrNO3. The second-order valence-electron chi connectivity index (χ2n) is 4.57. The minimum absolute atomic E-state index is 0.0219. The molecular weight excluding hydrogens is 310 g/mol. The zero-order chi connectivity index (χ0) is 14.2. The molecule has 1 N–H and O–H groups in total. The van der Waals surface area contributed by atoms with E-state index in [0.717, 1.165) is 10.0 Å². The molecule has 0 amide bonds. The van der Waals surface area contributed by atoms with E-state index in [4.69, 9.17) is 0 Å². The van der Waals surface area contributed by atoms with E-state index < -0.39 is 5.97 Å². The summed E-state index contributed by atoms with van der Waals surface area (Å²) >= 11 is 3.43. The lowest BCUT2D eigenvalue weighted by Gasteiger charge is -2.11. The zero-order valence-electron chi connectivity index (χ0n) is 10.9. The Morgan fingerprint density at radius 3 is 2.63 bits per heavy atom. The standard InChI is InChI=1S/C14H14BrNO3/c1-7(2)8-4-9-12(17)6-11(14(18)19-3)16-13(9)10(15)5-8/h4-7H,1-3H3,(H,16,17). The molecule has 0 saturated heterocycles. The van der Waals surface area contributed by atoms with Crippen LogP contribution in [-0.4, -0.2) is 23.2 Å². The van der Waals surface area contributed by atoms with Crippen LogP contribution in [0.3, 0.4) is 0 Å². The van der Waals surface area contributed by atoms with Crippen LogP contribution in [0.5, 0.6) is 5.75 Å². The Kier molecular flexibility index (Phi) is 3.75. The summed E-state index contributed by atoms with van der Waals surface area (Å²) < 4.78 is 5.36. The Bertz CT molecular complexity index is 653. The number of carbonyl (C=O) groups is 1. The van der Waals surface area contributed by atoms with Crippen LogP contribution in [0.4, 0.5) is 0 Å². The molecule has 4 nitrogen and oxygen atoms in total. The van der Waals surface area contributed by atoms with Crippen LogP contribution < -0.4 is 0 Å². The molecule has 1 heterocycles. The molecule has 0 unspecified atom stereocenters. The van der Waals surface area contributed by atoms with Crippen LogP contribution in [0.2, 0.25) is 0 Å². The van der Waals surface area contributed by atoms with Crippen LogP contribution in [0.1, 0.15) is 35.8 Å². The Balaban J connectivity index is 2.73. The Hall–Kier alpha value is -1.62. The van der Waals surface area contributed by atoms with Crippen LogP contribution in [-0.2, 0) is 4.74 Å². The number of fused-ring (bicyclic) bond motifs is 1. The van der Waals surface area contributed by atoms with Gasteiger partial charge in [-0.05, 0) is 39.5 Å². The highest BCUT2D eigenvalue weighted by molar-refractivity contribution is 9.10. The number of halogens is 1. The molecule has 2 rings (SSSR count). The number of methoxy groups -OCH3 is 1. The van der Waals surface area contributed by atoms with E-state index in [2.05, 4.69) is 39.5 Å². The molecule has 0 aliphatic heterocycles. The predicted octanol–water partition coefficient (Wildman–Crippen LogP) is 3.61. The van der Waals surface area contributed by atoms with Crippen molar-refractivity contribution in [3.8, 4) is 5.75 Å². The second-order valence-corrected chi connectivity index (χ2v) is 5.43. The first-order valence-electron chi connectivity index (χ1n) is 5.85. The number of rotatable bonds is 2. The molecule has 19 heavy (non-hydrogen) atoms. The lowest BCUT2D eigenvalue weighted by molar-refractivity contribution is 0.0594. The molecule has 5 heteroatoms. The summed E-state index contributed by atoms with van der Waals surface area (Å²) in [6.45, 7) is 4.14. The van der Waals surface area contributed by atoms with Crippen molar-refractivity contribution in [2.75, 3.05) is 7.11 Å². The quantitative estimate of drug-likeness (QED) is 0.857. The van der Waals surface area contributed by atoms with Gasteiger partial charge >= 0.3 is 5.97 Å². The van der Waals surface area contributed by atoms with Gasteiger partial charge in [-0.1, -0.05) is 13.8 Å². The second kappa shape index (κ2) is 5.17. The van der Waals surface area contributed by atoms with E-state index in [1.165, 1.54) is 13.2 Å². The minimum atomic E-state index is -0.572. The summed E-state index contributed by atoms with van der Waals surface area (Å²) in [5.74, 6) is -0.217. The van der Waals surface area contributed by atoms with Gasteiger partial charge in [0.1, 0.15) is 5.75 Å². The van der Waals surface area contributed by atoms with Crippen LogP contribution in [0.15, 0.2) is 22.7 Å². The van der Waals surface area contributed by atoms with Crippen molar-refractivity contribution < 1.29 is 14.6 Å². The van der Waals surface area contributed by atoms with E-state index in [9.17, 15) is 9.90 Å². The maximum atomic E-state index is 11.5. The fraction of sp³-hybridized carbons (Fsp3) is 0.286. The molecule has 0 atom stereocenters. The maximum Gasteiger partial charge on any atom is 0.356 e. The van der Waals surface area contributed by atoms with E-state index >= 15 is 0 Å². The van der Waals surface area contributed by atoms with Crippen LogP contribution >= 0.6 is 15.9 Å². The number of esters is 1. The largest absolute Gasteiger partial charge is 0.507 e. The molecule has 0 fully saturated rings. The highest BCUT2D eigenvalue weighted by Crippen LogP contribution is 2.33. The average Bonchev–Trinajstić information content (AvgIpc) is 2.38. The van der Waals surface area contributed by atoms with Gasteiger partial charge in [0.15, 0.2) is 5.69 Å². The third-order valence-electron chi connectivity index (χ3n) is 2.93. The number of ether oxygens (including phenoxy) is 1. The number of benzene rings is 1. The van der Waals surface area contributed by atoms with Crippen LogP contribution in [0.25, 0.3) is 10.9 Å². The Morgan fingerprint density at radius 1 is 1.37 bits per heavy atom. The van der Waals surface area contributed by atoms with E-state index in [1.807, 2.05) is 12.1 Å². The molecule has 0 saturated carbocycles. The van der Waals surface area contributed by atoms with Gasteiger partial charge in [-0.25, -0.2) is 9.78 Å². The van der Waals surface area contributed by atoms with Crippen molar-refractivity contribution in [2.24, 2.45) is 0 Å². The van der Waals surface area contributed by atoms with Crippen LogP contribution in [0, 0.1) is 0 Å². The first kappa shape index (κ1) is 13.8. The van der Waals surface area contributed by atoms with Gasteiger partial charge < -0.3 is 9.84 Å². The molecule has 0 bridgehead atoms. The summed E-state index contributed by atoms with van der Waals surface area (Å²) in [5, 5.41) is 10.7. The van der Waals surface area contributed by atoms with Crippen molar-refractivity contribution in [3.63, 3.8) is 0 Å². The molecule has 0 aliphatic carbocycles. The van der Waals surface area contributed by atoms with E-state index in [-0.39, 0.29) is 11.4 Å². The smallest absolute Gasteiger partial charge is 0.356 e. The first-order valence-corrected chi connectivity index (χ1v) is 6.64. The van der Waals surface area contributed by atoms with Crippen molar-refractivity contribution >= 4 is 32.8 Å². The topological polar surface area (TPSA) is 59.4 Å². The van der Waals surface area contributed by atoms with E-state index in [0.29, 0.717) is 16.8 Å². The van der Waals surface area contributed by atoms with Gasteiger partial charge in [0.25, 0.3) is 0 Å². The SMILES string of the molecule is COC(=O)c1cc(O)c2cc(C(C)C)cc(Br)c2n1. The minimum Gasteiger partial charge on any atom is -0.507 e. The number of carbonyl (C=O) groups excluding carboxylic acids is 1. The Labute approximate surface area is 119 Å². The number of pyridine rings is 1. The zero-order valence-corrected chi connectivity index (χ0v) is 12.5. The van der Waals surface area contributed by atoms with Gasteiger partial charge in [-0.3, -0.25) is 0 Å². The predicted molar refractivity (Wildman–Crippen MR) is 76.5 cm³/mol. The molecule has 0 aliphatic rings. The maximum absolute atomic E-state index is 11.5. The van der Waals surface area contributed by atoms with Crippen molar-refractivity contribution in [3.05, 3.63) is 33.9 Å². The van der Waals surface area contributed by atoms with Crippen molar-refractivity contribution in [1.29, 1.82) is 0 Å².